The van der Waals surface area contributed by atoms with Crippen molar-refractivity contribution in [3.63, 3.8) is 0 Å². The molecule has 0 aliphatic heterocycles. The number of aliphatic hydroxyl groups is 1. The summed E-state index contributed by atoms with van der Waals surface area (Å²) in [7, 11) is 1.38. The van der Waals surface area contributed by atoms with Crippen LogP contribution in [0.5, 0.6) is 0 Å². The van der Waals surface area contributed by atoms with Gasteiger partial charge in [0.05, 0.1) is 31.5 Å². The lowest BCUT2D eigenvalue weighted by Crippen LogP contribution is -2.08. The number of aliphatic hydroxyl groups excluding tert-OH is 1. The molecule has 7 heteroatoms. The average Bonchev–Trinajstić information content (AvgIpc) is 3.30. The third kappa shape index (κ3) is 4.29. The molecule has 2 aromatic heterocycles. The van der Waals surface area contributed by atoms with Crippen LogP contribution in [0.15, 0.2) is 36.4 Å². The van der Waals surface area contributed by atoms with E-state index in [2.05, 4.69) is 11.9 Å². The highest BCUT2D eigenvalue weighted by Crippen LogP contribution is 2.32. The Morgan fingerprint density at radius 3 is 2.79 bits per heavy atom. The zero-order chi connectivity index (χ0) is 20.1. The number of carbonyl (C=O) groups excluding carboxylic acids is 1. The first-order chi connectivity index (χ1) is 13.6. The molecule has 0 aliphatic carbocycles. The summed E-state index contributed by atoms with van der Waals surface area (Å²) >= 11 is 7.83. The van der Waals surface area contributed by atoms with Crippen molar-refractivity contribution < 1.29 is 14.6 Å². The number of unbranched alkanes of at least 4 members (excludes halogenated alkanes) is 1. The summed E-state index contributed by atoms with van der Waals surface area (Å²) in [6, 6.07) is 11.5. The highest BCUT2D eigenvalue weighted by atomic mass is 35.5. The van der Waals surface area contributed by atoms with Crippen molar-refractivity contribution in [2.75, 3.05) is 7.11 Å². The maximum absolute atomic E-state index is 12.1. The van der Waals surface area contributed by atoms with E-state index in [1.807, 2.05) is 34.9 Å². The van der Waals surface area contributed by atoms with Gasteiger partial charge in [-0.3, -0.25) is 0 Å². The number of aromatic nitrogens is 2. The molecule has 0 saturated heterocycles. The van der Waals surface area contributed by atoms with Gasteiger partial charge in [-0.05, 0) is 24.6 Å². The molecule has 3 rings (SSSR count). The number of ether oxygens (including phenoxy) is 1. The number of imidazole rings is 1. The molecule has 0 bridgehead atoms. The van der Waals surface area contributed by atoms with E-state index < -0.39 is 0 Å². The fourth-order valence-corrected chi connectivity index (χ4v) is 4.41. The number of thiophene rings is 1. The topological polar surface area (TPSA) is 64.4 Å². The number of halogens is 1. The number of benzene rings is 1. The Hall–Kier alpha value is -2.15. The van der Waals surface area contributed by atoms with Crippen LogP contribution in [0, 0.1) is 0 Å². The van der Waals surface area contributed by atoms with E-state index in [1.165, 1.54) is 7.11 Å². The second-order valence-corrected chi connectivity index (χ2v) is 7.94. The molecule has 0 saturated carbocycles. The molecule has 0 aliphatic rings. The second-order valence-electron chi connectivity index (χ2n) is 6.42. The summed E-state index contributed by atoms with van der Waals surface area (Å²) in [5.74, 6) is 0.539. The van der Waals surface area contributed by atoms with Gasteiger partial charge in [-0.15, -0.1) is 11.3 Å². The molecule has 0 radical (unpaired) electrons. The van der Waals surface area contributed by atoms with Crippen LogP contribution >= 0.6 is 22.9 Å². The number of rotatable bonds is 8. The Morgan fingerprint density at radius 2 is 2.07 bits per heavy atom. The Labute approximate surface area is 173 Å². The van der Waals surface area contributed by atoms with Crippen molar-refractivity contribution in [1.82, 2.24) is 9.55 Å². The first-order valence-corrected chi connectivity index (χ1v) is 10.4. The Balaban J connectivity index is 1.92. The second kappa shape index (κ2) is 9.37. The van der Waals surface area contributed by atoms with E-state index in [1.54, 1.807) is 17.4 Å². The summed E-state index contributed by atoms with van der Waals surface area (Å²) in [6.45, 7) is 2.56. The first-order valence-electron chi connectivity index (χ1n) is 9.20. The van der Waals surface area contributed by atoms with Crippen LogP contribution in [0.25, 0.3) is 10.4 Å². The highest BCUT2D eigenvalue weighted by Gasteiger charge is 2.17. The monoisotopic (exact) mass is 418 g/mol. The molecule has 0 spiro atoms. The SMILES string of the molecule is CCCCc1nc(Cl)c(CO)n1Cc1ccc(-c2ccccc2C(=O)OC)s1. The Morgan fingerprint density at radius 1 is 1.29 bits per heavy atom. The molecule has 0 fully saturated rings. The van der Waals surface area contributed by atoms with Gasteiger partial charge in [-0.25, -0.2) is 9.78 Å². The van der Waals surface area contributed by atoms with Gasteiger partial charge >= 0.3 is 5.97 Å². The summed E-state index contributed by atoms with van der Waals surface area (Å²) in [5, 5.41) is 10.1. The minimum atomic E-state index is -0.351. The van der Waals surface area contributed by atoms with E-state index in [0.717, 1.165) is 40.4 Å². The predicted molar refractivity (Wildman–Crippen MR) is 112 cm³/mol. The van der Waals surface area contributed by atoms with Gasteiger partial charge in [0.15, 0.2) is 5.15 Å². The fraction of sp³-hybridized carbons (Fsp3) is 0.333. The van der Waals surface area contributed by atoms with Gasteiger partial charge in [0.2, 0.25) is 0 Å². The molecule has 3 aromatic rings. The van der Waals surface area contributed by atoms with Crippen molar-refractivity contribution in [2.24, 2.45) is 0 Å². The van der Waals surface area contributed by atoms with Crippen molar-refractivity contribution in [3.05, 3.63) is 63.5 Å². The van der Waals surface area contributed by atoms with Crippen LogP contribution in [0.2, 0.25) is 5.15 Å². The van der Waals surface area contributed by atoms with Gasteiger partial charge in [0.25, 0.3) is 0 Å². The fourth-order valence-electron chi connectivity index (χ4n) is 3.12. The third-order valence-corrected chi connectivity index (χ3v) is 5.99. The predicted octanol–water partition coefficient (Wildman–Crippen LogP) is 4.93. The van der Waals surface area contributed by atoms with Gasteiger partial charge in [0.1, 0.15) is 5.82 Å². The summed E-state index contributed by atoms with van der Waals surface area (Å²) in [6.07, 6.45) is 2.90. The van der Waals surface area contributed by atoms with Gasteiger partial charge in [0, 0.05) is 21.7 Å². The van der Waals surface area contributed by atoms with Crippen LogP contribution in [-0.4, -0.2) is 27.7 Å². The molecular weight excluding hydrogens is 396 g/mol. The molecule has 0 unspecified atom stereocenters. The molecule has 5 nitrogen and oxygen atoms in total. The molecule has 0 atom stereocenters. The number of hydrogen-bond acceptors (Lipinski definition) is 5. The van der Waals surface area contributed by atoms with Crippen LogP contribution in [0.4, 0.5) is 0 Å². The van der Waals surface area contributed by atoms with Crippen LogP contribution in [0.1, 0.15) is 46.5 Å². The molecule has 1 N–H and O–H groups in total. The van der Waals surface area contributed by atoms with Crippen LogP contribution in [0.3, 0.4) is 0 Å². The number of esters is 1. The summed E-state index contributed by atoms with van der Waals surface area (Å²) in [4.78, 5) is 18.6. The lowest BCUT2D eigenvalue weighted by molar-refractivity contribution is 0.0601. The number of methoxy groups -OCH3 is 1. The Bertz CT molecular complexity index is 964. The maximum Gasteiger partial charge on any atom is 0.338 e. The normalized spacial score (nSPS) is 11.0. The lowest BCUT2D eigenvalue weighted by Gasteiger charge is -2.10. The van der Waals surface area contributed by atoms with Gasteiger partial charge < -0.3 is 14.4 Å². The third-order valence-electron chi connectivity index (χ3n) is 4.58. The van der Waals surface area contributed by atoms with Crippen molar-refractivity contribution in [3.8, 4) is 10.4 Å². The van der Waals surface area contributed by atoms with E-state index in [-0.39, 0.29) is 12.6 Å². The molecule has 148 valence electrons. The van der Waals surface area contributed by atoms with Crippen molar-refractivity contribution in [1.29, 1.82) is 0 Å². The molecule has 2 heterocycles. The maximum atomic E-state index is 12.1. The van der Waals surface area contributed by atoms with Crippen molar-refractivity contribution >= 4 is 28.9 Å². The first kappa shape index (κ1) is 20.6. The Kier molecular flexibility index (Phi) is 6.88. The largest absolute Gasteiger partial charge is 0.465 e. The minimum absolute atomic E-state index is 0.151. The van der Waals surface area contributed by atoms with E-state index in [4.69, 9.17) is 16.3 Å². The summed E-state index contributed by atoms with van der Waals surface area (Å²) < 4.78 is 6.90. The minimum Gasteiger partial charge on any atom is -0.465 e. The standard InChI is InChI=1S/C21H23ClN2O3S/c1-3-4-9-19-23-20(22)17(13-25)24(19)12-14-10-11-18(28-14)15-7-5-6-8-16(15)21(26)27-2/h5-8,10-11,25H,3-4,9,12-13H2,1-2H3. The molecule has 0 amide bonds. The van der Waals surface area contributed by atoms with Crippen LogP contribution < -0.4 is 0 Å². The zero-order valence-electron chi connectivity index (χ0n) is 15.9. The van der Waals surface area contributed by atoms with Gasteiger partial charge in [-0.1, -0.05) is 43.1 Å². The van der Waals surface area contributed by atoms with Crippen LogP contribution in [-0.2, 0) is 24.3 Å². The zero-order valence-corrected chi connectivity index (χ0v) is 17.5. The smallest absolute Gasteiger partial charge is 0.338 e. The number of hydrogen-bond donors (Lipinski definition) is 1. The van der Waals surface area contributed by atoms with E-state index in [9.17, 15) is 9.90 Å². The average molecular weight is 419 g/mol. The van der Waals surface area contributed by atoms with Gasteiger partial charge in [-0.2, -0.15) is 0 Å². The number of nitrogens with zero attached hydrogens (tertiary/aromatic N) is 2. The number of aryl methyl sites for hydroxylation is 1. The number of carbonyl (C=O) groups is 1. The molecule has 1 aromatic carbocycles. The molecular formula is C21H23ClN2O3S. The van der Waals surface area contributed by atoms with E-state index >= 15 is 0 Å². The molecule has 28 heavy (non-hydrogen) atoms. The van der Waals surface area contributed by atoms with Crippen molar-refractivity contribution in [2.45, 2.75) is 39.3 Å². The van der Waals surface area contributed by atoms with E-state index in [0.29, 0.717) is 23.0 Å². The highest BCUT2D eigenvalue weighted by molar-refractivity contribution is 7.15. The lowest BCUT2D eigenvalue weighted by atomic mass is 10.1. The quantitative estimate of drug-likeness (QED) is 0.526. The summed E-state index contributed by atoms with van der Waals surface area (Å²) in [5.41, 5.74) is 2.03.